The number of sulfonamides is 1. The summed E-state index contributed by atoms with van der Waals surface area (Å²) in [5.74, 6) is 0.0389. The van der Waals surface area contributed by atoms with Crippen LogP contribution in [0.4, 0.5) is 17.1 Å². The van der Waals surface area contributed by atoms with Crippen molar-refractivity contribution in [3.63, 3.8) is 0 Å². The summed E-state index contributed by atoms with van der Waals surface area (Å²) in [4.78, 5) is 21.7. The summed E-state index contributed by atoms with van der Waals surface area (Å²) in [5, 5.41) is 13.6. The van der Waals surface area contributed by atoms with Crippen molar-refractivity contribution in [2.45, 2.75) is 17.7 Å². The summed E-state index contributed by atoms with van der Waals surface area (Å²) in [6, 6.07) is 7.98. The Kier molecular flexibility index (Phi) is 4.51. The van der Waals surface area contributed by atoms with E-state index in [2.05, 4.69) is 10.0 Å². The van der Waals surface area contributed by atoms with Crippen LogP contribution < -0.4 is 14.8 Å². The lowest BCUT2D eigenvalue weighted by atomic mass is 10.0. The number of non-ortho nitro benzene ring substituents is 1. The third-order valence-corrected chi connectivity index (χ3v) is 5.28. The van der Waals surface area contributed by atoms with Crippen molar-refractivity contribution in [3.05, 3.63) is 52.1 Å². The number of nitro benzene ring substituents is 1. The molecule has 0 unspecified atom stereocenters. The normalized spacial score (nSPS) is 13.5. The first kappa shape index (κ1) is 17.7. The van der Waals surface area contributed by atoms with E-state index in [0.717, 1.165) is 6.07 Å². The van der Waals surface area contributed by atoms with Gasteiger partial charge in [0.2, 0.25) is 5.91 Å². The van der Waals surface area contributed by atoms with Crippen molar-refractivity contribution in [3.8, 4) is 5.75 Å². The van der Waals surface area contributed by atoms with Gasteiger partial charge in [0.1, 0.15) is 5.75 Å². The van der Waals surface area contributed by atoms with Crippen LogP contribution in [-0.2, 0) is 21.2 Å². The molecule has 0 saturated carbocycles. The number of ether oxygens (including phenoxy) is 1. The topological polar surface area (TPSA) is 128 Å². The van der Waals surface area contributed by atoms with Gasteiger partial charge < -0.3 is 10.1 Å². The summed E-state index contributed by atoms with van der Waals surface area (Å²) in [5.41, 5.74) is 0.982. The highest BCUT2D eigenvalue weighted by Crippen LogP contribution is 2.32. The Bertz CT molecular complexity index is 1000. The van der Waals surface area contributed by atoms with Crippen LogP contribution in [0.15, 0.2) is 41.3 Å². The van der Waals surface area contributed by atoms with Crippen LogP contribution in [0.3, 0.4) is 0 Å². The smallest absolute Gasteiger partial charge is 0.271 e. The second-order valence-corrected chi connectivity index (χ2v) is 7.30. The van der Waals surface area contributed by atoms with Crippen molar-refractivity contribution in [2.24, 2.45) is 0 Å². The predicted molar refractivity (Wildman–Crippen MR) is 93.8 cm³/mol. The van der Waals surface area contributed by atoms with E-state index in [1.165, 1.54) is 37.4 Å². The molecule has 0 spiro atoms. The number of aryl methyl sites for hydroxylation is 1. The van der Waals surface area contributed by atoms with Crippen molar-refractivity contribution < 1.29 is 22.9 Å². The number of anilines is 2. The van der Waals surface area contributed by atoms with Gasteiger partial charge in [-0.25, -0.2) is 8.42 Å². The number of rotatable bonds is 5. The van der Waals surface area contributed by atoms with E-state index < -0.39 is 14.9 Å². The minimum Gasteiger partial charge on any atom is -0.495 e. The average molecular weight is 377 g/mol. The van der Waals surface area contributed by atoms with Crippen LogP contribution in [0.5, 0.6) is 5.75 Å². The number of hydrogen-bond acceptors (Lipinski definition) is 6. The maximum Gasteiger partial charge on any atom is 0.271 e. The molecule has 136 valence electrons. The molecule has 0 bridgehead atoms. The summed E-state index contributed by atoms with van der Waals surface area (Å²) in [6.07, 6.45) is 0.716. The van der Waals surface area contributed by atoms with Gasteiger partial charge in [-0.05, 0) is 36.2 Å². The van der Waals surface area contributed by atoms with E-state index >= 15 is 0 Å². The SMILES string of the molecule is COc1ccc([N+](=O)[O-])cc1NS(=O)(=O)c1ccc2c(c1)CCC(=O)N2. The molecule has 0 aliphatic carbocycles. The van der Waals surface area contributed by atoms with E-state index in [4.69, 9.17) is 4.74 Å². The largest absolute Gasteiger partial charge is 0.495 e. The number of benzene rings is 2. The molecule has 9 nitrogen and oxygen atoms in total. The van der Waals surface area contributed by atoms with Crippen molar-refractivity contribution >= 4 is 33.0 Å². The Morgan fingerprint density at radius 2 is 1.96 bits per heavy atom. The Morgan fingerprint density at radius 1 is 1.19 bits per heavy atom. The van der Waals surface area contributed by atoms with Gasteiger partial charge in [0.05, 0.1) is 22.6 Å². The van der Waals surface area contributed by atoms with Gasteiger partial charge >= 0.3 is 0 Å². The zero-order chi connectivity index (χ0) is 18.9. The number of carbonyl (C=O) groups is 1. The third kappa shape index (κ3) is 3.45. The van der Waals surface area contributed by atoms with Gasteiger partial charge in [-0.3, -0.25) is 19.6 Å². The number of carbonyl (C=O) groups excluding carboxylic acids is 1. The molecule has 10 heteroatoms. The van der Waals surface area contributed by atoms with Crippen molar-refractivity contribution in [2.75, 3.05) is 17.1 Å². The molecule has 1 heterocycles. The maximum atomic E-state index is 12.7. The Labute approximate surface area is 149 Å². The Morgan fingerprint density at radius 3 is 2.65 bits per heavy atom. The second-order valence-electron chi connectivity index (χ2n) is 5.61. The highest BCUT2D eigenvalue weighted by molar-refractivity contribution is 7.92. The van der Waals surface area contributed by atoms with Crippen LogP contribution in [0.25, 0.3) is 0 Å². The molecular weight excluding hydrogens is 362 g/mol. The molecule has 0 fully saturated rings. The molecule has 2 aromatic rings. The molecule has 0 atom stereocenters. The number of nitrogens with zero attached hydrogens (tertiary/aromatic N) is 1. The van der Waals surface area contributed by atoms with Gasteiger partial charge in [0, 0.05) is 24.2 Å². The van der Waals surface area contributed by atoms with Gasteiger partial charge in [0.25, 0.3) is 15.7 Å². The fraction of sp³-hybridized carbons (Fsp3) is 0.188. The van der Waals surface area contributed by atoms with E-state index in [9.17, 15) is 23.3 Å². The van der Waals surface area contributed by atoms with Crippen LogP contribution in [0.1, 0.15) is 12.0 Å². The molecule has 2 aromatic carbocycles. The van der Waals surface area contributed by atoms with Gasteiger partial charge in [-0.2, -0.15) is 0 Å². The molecule has 1 aliphatic heterocycles. The van der Waals surface area contributed by atoms with Gasteiger partial charge in [-0.15, -0.1) is 0 Å². The van der Waals surface area contributed by atoms with E-state index in [1.807, 2.05) is 0 Å². The highest BCUT2D eigenvalue weighted by atomic mass is 32.2. The fourth-order valence-electron chi connectivity index (χ4n) is 2.62. The molecule has 1 aliphatic rings. The molecule has 2 N–H and O–H groups in total. The first-order valence-corrected chi connectivity index (χ1v) is 9.06. The van der Waals surface area contributed by atoms with Crippen LogP contribution in [0, 0.1) is 10.1 Å². The third-order valence-electron chi connectivity index (χ3n) is 3.92. The molecular formula is C16H15N3O6S. The average Bonchev–Trinajstić information content (AvgIpc) is 2.60. The highest BCUT2D eigenvalue weighted by Gasteiger charge is 2.22. The monoisotopic (exact) mass is 377 g/mol. The minimum absolute atomic E-state index is 0.0130. The lowest BCUT2D eigenvalue weighted by Crippen LogP contribution is -2.20. The summed E-state index contributed by atoms with van der Waals surface area (Å²) >= 11 is 0. The number of amides is 1. The summed E-state index contributed by atoms with van der Waals surface area (Å²) < 4.78 is 32.7. The van der Waals surface area contributed by atoms with Crippen LogP contribution >= 0.6 is 0 Å². The first-order valence-electron chi connectivity index (χ1n) is 7.58. The fourth-order valence-corrected chi connectivity index (χ4v) is 3.73. The molecule has 0 aromatic heterocycles. The summed E-state index contributed by atoms with van der Waals surface area (Å²) in [6.45, 7) is 0. The second kappa shape index (κ2) is 6.64. The standard InChI is InChI=1S/C16H15N3O6S/c1-25-15-6-3-11(19(21)22)9-14(15)18-26(23,24)12-4-5-13-10(8-12)2-7-16(20)17-13/h3-6,8-9,18H,2,7H2,1H3,(H,17,20). The number of hydrogen-bond donors (Lipinski definition) is 2. The number of fused-ring (bicyclic) bond motifs is 1. The molecule has 3 rings (SSSR count). The number of methoxy groups -OCH3 is 1. The van der Waals surface area contributed by atoms with E-state index in [0.29, 0.717) is 17.7 Å². The lowest BCUT2D eigenvalue weighted by Gasteiger charge is -2.18. The molecule has 26 heavy (non-hydrogen) atoms. The number of nitrogens with one attached hydrogen (secondary N) is 2. The van der Waals surface area contributed by atoms with Crippen LogP contribution in [0.2, 0.25) is 0 Å². The van der Waals surface area contributed by atoms with E-state index in [1.54, 1.807) is 0 Å². The lowest BCUT2D eigenvalue weighted by molar-refractivity contribution is -0.384. The summed E-state index contributed by atoms with van der Waals surface area (Å²) in [7, 11) is -2.67. The van der Waals surface area contributed by atoms with Gasteiger partial charge in [0.15, 0.2) is 0 Å². The Balaban J connectivity index is 1.96. The molecule has 0 radical (unpaired) electrons. The minimum atomic E-state index is -4.00. The predicted octanol–water partition coefficient (Wildman–Crippen LogP) is 2.29. The first-order chi connectivity index (χ1) is 12.3. The zero-order valence-electron chi connectivity index (χ0n) is 13.7. The molecule has 0 saturated heterocycles. The van der Waals surface area contributed by atoms with Crippen molar-refractivity contribution in [1.82, 2.24) is 0 Å². The van der Waals surface area contributed by atoms with Gasteiger partial charge in [-0.1, -0.05) is 0 Å². The van der Waals surface area contributed by atoms with E-state index in [-0.39, 0.29) is 34.3 Å². The Hall–Kier alpha value is -3.14. The van der Waals surface area contributed by atoms with Crippen LogP contribution in [-0.4, -0.2) is 26.4 Å². The zero-order valence-corrected chi connectivity index (χ0v) is 14.5. The maximum absolute atomic E-state index is 12.7. The number of nitro groups is 1. The quantitative estimate of drug-likeness (QED) is 0.608. The molecule has 1 amide bonds. The van der Waals surface area contributed by atoms with Crippen molar-refractivity contribution in [1.29, 1.82) is 0 Å².